The van der Waals surface area contributed by atoms with Gasteiger partial charge in [0.25, 0.3) is 0 Å². The van der Waals surface area contributed by atoms with Crippen molar-refractivity contribution in [3.8, 4) is 0 Å². The van der Waals surface area contributed by atoms with Gasteiger partial charge in [0, 0.05) is 44.8 Å². The average molecular weight is 352 g/mol. The van der Waals surface area contributed by atoms with Gasteiger partial charge in [-0.1, -0.05) is 24.6 Å². The van der Waals surface area contributed by atoms with E-state index >= 15 is 0 Å². The third-order valence-electron chi connectivity index (χ3n) is 4.95. The van der Waals surface area contributed by atoms with Crippen molar-refractivity contribution in [2.45, 2.75) is 20.3 Å². The van der Waals surface area contributed by atoms with Crippen molar-refractivity contribution in [2.24, 2.45) is 5.92 Å². The maximum atomic E-state index is 12.7. The van der Waals surface area contributed by atoms with Crippen molar-refractivity contribution in [2.75, 3.05) is 44.2 Å². The molecule has 0 saturated carbocycles. The number of nitrogens with zero attached hydrogens (tertiary/aromatic N) is 3. The van der Waals surface area contributed by atoms with Gasteiger partial charge in [-0.25, -0.2) is 0 Å². The topological polar surface area (TPSA) is 43.9 Å². The minimum atomic E-state index is -0.197. The van der Waals surface area contributed by atoms with E-state index in [9.17, 15) is 9.59 Å². The summed E-state index contributed by atoms with van der Waals surface area (Å²) in [5, 5.41) is 0. The summed E-state index contributed by atoms with van der Waals surface area (Å²) in [5.74, 6) is 0.0000848. The molecule has 6 heteroatoms. The van der Waals surface area contributed by atoms with Crippen LogP contribution in [0, 0.1) is 12.8 Å². The number of benzene rings is 1. The van der Waals surface area contributed by atoms with Crippen LogP contribution in [0.5, 0.6) is 0 Å². The Hall–Kier alpha value is -1.59. The number of halogens is 1. The van der Waals surface area contributed by atoms with Crippen molar-refractivity contribution in [3.05, 3.63) is 29.8 Å². The number of carbonyl (C=O) groups excluding carboxylic acids is 2. The van der Waals surface area contributed by atoms with E-state index in [1.165, 1.54) is 5.56 Å². The van der Waals surface area contributed by atoms with E-state index in [1.807, 2.05) is 36.1 Å². The molecule has 2 fully saturated rings. The molecule has 2 saturated heterocycles. The minimum Gasteiger partial charge on any atom is -0.340 e. The van der Waals surface area contributed by atoms with Crippen molar-refractivity contribution < 1.29 is 9.59 Å². The molecule has 1 atom stereocenters. The number of hydrogen-bond donors (Lipinski definition) is 0. The normalized spacial score (nSPS) is 21.8. The SMILES string of the molecule is CCN1CCN(C(=O)C2CC(=O)N(c3ccc(C)cc3)C2)CC1.Cl. The second-order valence-electron chi connectivity index (χ2n) is 6.50. The van der Waals surface area contributed by atoms with Crippen LogP contribution >= 0.6 is 12.4 Å². The first-order valence-corrected chi connectivity index (χ1v) is 8.46. The second-order valence-corrected chi connectivity index (χ2v) is 6.50. The van der Waals surface area contributed by atoms with Gasteiger partial charge in [0.05, 0.1) is 5.92 Å². The number of aryl methyl sites for hydroxylation is 1. The Morgan fingerprint density at radius 2 is 1.75 bits per heavy atom. The smallest absolute Gasteiger partial charge is 0.228 e. The highest BCUT2D eigenvalue weighted by Gasteiger charge is 2.37. The number of anilines is 1. The summed E-state index contributed by atoms with van der Waals surface area (Å²) in [7, 11) is 0. The molecule has 0 bridgehead atoms. The fraction of sp³-hybridized carbons (Fsp3) is 0.556. The summed E-state index contributed by atoms with van der Waals surface area (Å²) >= 11 is 0. The molecule has 3 rings (SSSR count). The van der Waals surface area contributed by atoms with Gasteiger partial charge in [0.1, 0.15) is 0 Å². The predicted octanol–water partition coefficient (Wildman–Crippen LogP) is 1.93. The molecule has 24 heavy (non-hydrogen) atoms. The largest absolute Gasteiger partial charge is 0.340 e. The van der Waals surface area contributed by atoms with Gasteiger partial charge in [-0.3, -0.25) is 9.59 Å². The summed E-state index contributed by atoms with van der Waals surface area (Å²) < 4.78 is 0. The van der Waals surface area contributed by atoms with Crippen molar-refractivity contribution in [1.29, 1.82) is 0 Å². The Balaban J connectivity index is 0.00000208. The molecule has 2 aliphatic rings. The molecule has 0 radical (unpaired) electrons. The van der Waals surface area contributed by atoms with Crippen LogP contribution in [0.15, 0.2) is 24.3 Å². The summed E-state index contributed by atoms with van der Waals surface area (Å²) in [6, 6.07) is 7.92. The van der Waals surface area contributed by atoms with E-state index in [0.717, 1.165) is 38.4 Å². The molecule has 5 nitrogen and oxygen atoms in total. The molecular formula is C18H26ClN3O2. The highest BCUT2D eigenvalue weighted by molar-refractivity contribution is 6.00. The highest BCUT2D eigenvalue weighted by atomic mass is 35.5. The van der Waals surface area contributed by atoms with Crippen LogP contribution in [0.4, 0.5) is 5.69 Å². The van der Waals surface area contributed by atoms with Gasteiger partial charge in [-0.2, -0.15) is 0 Å². The molecule has 0 aromatic heterocycles. The number of carbonyl (C=O) groups is 2. The van der Waals surface area contributed by atoms with Crippen molar-refractivity contribution >= 4 is 29.9 Å². The Labute approximate surface area is 150 Å². The van der Waals surface area contributed by atoms with Crippen LogP contribution in [-0.4, -0.2) is 60.9 Å². The molecular weight excluding hydrogens is 326 g/mol. The van der Waals surface area contributed by atoms with Crippen LogP contribution < -0.4 is 4.90 Å². The fourth-order valence-corrected chi connectivity index (χ4v) is 3.39. The minimum absolute atomic E-state index is 0. The lowest BCUT2D eigenvalue weighted by Crippen LogP contribution is -2.50. The van der Waals surface area contributed by atoms with Crippen LogP contribution in [0.3, 0.4) is 0 Å². The fourth-order valence-electron chi connectivity index (χ4n) is 3.39. The maximum absolute atomic E-state index is 12.7. The lowest BCUT2D eigenvalue weighted by molar-refractivity contribution is -0.137. The Morgan fingerprint density at radius 3 is 2.33 bits per heavy atom. The third-order valence-corrected chi connectivity index (χ3v) is 4.95. The van der Waals surface area contributed by atoms with E-state index in [0.29, 0.717) is 13.0 Å². The number of piperazine rings is 1. The first-order chi connectivity index (χ1) is 11.1. The number of likely N-dealkylation sites (N-methyl/N-ethyl adjacent to an activating group) is 1. The standard InChI is InChI=1S/C18H25N3O2.ClH/c1-3-19-8-10-20(11-9-19)18(23)15-12-17(22)21(13-15)16-6-4-14(2)5-7-16;/h4-7,15H,3,8-13H2,1-2H3;1H. The molecule has 0 spiro atoms. The molecule has 0 aliphatic carbocycles. The molecule has 2 amide bonds. The van der Waals surface area contributed by atoms with Gasteiger partial charge in [0.15, 0.2) is 0 Å². The lowest BCUT2D eigenvalue weighted by Gasteiger charge is -2.35. The first-order valence-electron chi connectivity index (χ1n) is 8.46. The van der Waals surface area contributed by atoms with E-state index in [2.05, 4.69) is 11.8 Å². The first kappa shape index (κ1) is 18.7. The summed E-state index contributed by atoms with van der Waals surface area (Å²) in [6.45, 7) is 9.14. The van der Waals surface area contributed by atoms with E-state index in [1.54, 1.807) is 4.90 Å². The third kappa shape index (κ3) is 3.90. The van der Waals surface area contributed by atoms with Gasteiger partial charge < -0.3 is 14.7 Å². The average Bonchev–Trinajstić information content (AvgIpc) is 2.97. The number of hydrogen-bond acceptors (Lipinski definition) is 3. The monoisotopic (exact) mass is 351 g/mol. The van der Waals surface area contributed by atoms with E-state index < -0.39 is 0 Å². The molecule has 1 unspecified atom stereocenters. The highest BCUT2D eigenvalue weighted by Crippen LogP contribution is 2.26. The Morgan fingerprint density at radius 1 is 1.12 bits per heavy atom. The zero-order valence-corrected chi connectivity index (χ0v) is 15.2. The van der Waals surface area contributed by atoms with Crippen molar-refractivity contribution in [3.63, 3.8) is 0 Å². The van der Waals surface area contributed by atoms with Gasteiger partial charge in [-0.15, -0.1) is 12.4 Å². The molecule has 2 aliphatic heterocycles. The van der Waals surface area contributed by atoms with Gasteiger partial charge in [0.2, 0.25) is 11.8 Å². The zero-order chi connectivity index (χ0) is 16.4. The van der Waals surface area contributed by atoms with Crippen LogP contribution in [0.1, 0.15) is 18.9 Å². The molecule has 2 heterocycles. The van der Waals surface area contributed by atoms with Crippen LogP contribution in [0.25, 0.3) is 0 Å². The van der Waals surface area contributed by atoms with E-state index in [-0.39, 0.29) is 30.1 Å². The van der Waals surface area contributed by atoms with Crippen LogP contribution in [0.2, 0.25) is 0 Å². The molecule has 0 N–H and O–H groups in total. The molecule has 132 valence electrons. The maximum Gasteiger partial charge on any atom is 0.228 e. The Kier molecular flexibility index (Phi) is 6.24. The van der Waals surface area contributed by atoms with Crippen molar-refractivity contribution in [1.82, 2.24) is 9.80 Å². The summed E-state index contributed by atoms with van der Waals surface area (Å²) in [6.07, 6.45) is 0.334. The van der Waals surface area contributed by atoms with Crippen LogP contribution in [-0.2, 0) is 9.59 Å². The quantitative estimate of drug-likeness (QED) is 0.835. The predicted molar refractivity (Wildman–Crippen MR) is 97.6 cm³/mol. The lowest BCUT2D eigenvalue weighted by atomic mass is 10.1. The molecule has 1 aromatic carbocycles. The van der Waals surface area contributed by atoms with Gasteiger partial charge in [-0.05, 0) is 25.6 Å². The van der Waals surface area contributed by atoms with Gasteiger partial charge >= 0.3 is 0 Å². The summed E-state index contributed by atoms with van der Waals surface area (Å²) in [4.78, 5) is 31.0. The summed E-state index contributed by atoms with van der Waals surface area (Å²) in [5.41, 5.74) is 2.06. The zero-order valence-electron chi connectivity index (χ0n) is 14.4. The Bertz CT molecular complexity index is 582. The number of rotatable bonds is 3. The molecule has 1 aromatic rings. The second kappa shape index (κ2) is 7.99. The van der Waals surface area contributed by atoms with E-state index in [4.69, 9.17) is 0 Å². The number of amides is 2.